The quantitative estimate of drug-likeness (QED) is 0.162. The van der Waals surface area contributed by atoms with Crippen LogP contribution in [0.5, 0.6) is 0 Å². The molecule has 0 amide bonds. The maximum Gasteiger partial charge on any atom is 0.313 e. The number of ether oxygens (including phenoxy) is 2. The van der Waals surface area contributed by atoms with E-state index in [1.165, 1.54) is 0 Å². The summed E-state index contributed by atoms with van der Waals surface area (Å²) >= 11 is 6.13. The van der Waals surface area contributed by atoms with E-state index in [1.807, 2.05) is 115 Å². The predicted octanol–water partition coefficient (Wildman–Crippen LogP) is 6.82. The first-order valence-electron chi connectivity index (χ1n) is 12.9. The maximum atomic E-state index is 13.1. The Kier molecular flexibility index (Phi) is 9.72. The predicted molar refractivity (Wildman–Crippen MR) is 151 cm³/mol. The van der Waals surface area contributed by atoms with Crippen LogP contribution in [-0.4, -0.2) is 30.4 Å². The van der Waals surface area contributed by atoms with Crippen molar-refractivity contribution in [2.45, 2.75) is 31.5 Å². The van der Waals surface area contributed by atoms with Crippen LogP contribution < -0.4 is 0 Å². The third-order valence-electron chi connectivity index (χ3n) is 6.69. The molecule has 5 heteroatoms. The Morgan fingerprint density at radius 2 is 1.34 bits per heavy atom. The molecule has 2 atom stereocenters. The number of rotatable bonds is 12. The van der Waals surface area contributed by atoms with Gasteiger partial charge in [-0.3, -0.25) is 4.79 Å². The Morgan fingerprint density at radius 1 is 0.816 bits per heavy atom. The summed E-state index contributed by atoms with van der Waals surface area (Å²) in [5, 5.41) is 11.9. The number of aryl methyl sites for hydroxylation is 1. The zero-order valence-corrected chi connectivity index (χ0v) is 22.3. The third kappa shape index (κ3) is 6.51. The molecule has 0 bridgehead atoms. The molecule has 0 radical (unpaired) electrons. The van der Waals surface area contributed by atoms with Gasteiger partial charge < -0.3 is 14.6 Å². The number of aliphatic hydroxyl groups is 1. The average molecular weight is 529 g/mol. The fourth-order valence-corrected chi connectivity index (χ4v) is 4.99. The van der Waals surface area contributed by atoms with E-state index >= 15 is 0 Å². The Hall–Kier alpha value is -3.44. The smallest absolute Gasteiger partial charge is 0.313 e. The van der Waals surface area contributed by atoms with E-state index in [0.29, 0.717) is 17.9 Å². The lowest BCUT2D eigenvalue weighted by molar-refractivity contribution is -0.157. The van der Waals surface area contributed by atoms with Crippen molar-refractivity contribution in [1.82, 2.24) is 0 Å². The summed E-state index contributed by atoms with van der Waals surface area (Å²) < 4.78 is 12.2. The fraction of sp³-hybridized carbons (Fsp3) is 0.242. The molecule has 196 valence electrons. The Balaban J connectivity index is 1.69. The van der Waals surface area contributed by atoms with Crippen LogP contribution in [0.15, 0.2) is 115 Å². The molecule has 1 N–H and O–H groups in total. The maximum absolute atomic E-state index is 13.1. The van der Waals surface area contributed by atoms with Crippen molar-refractivity contribution in [3.63, 3.8) is 0 Å². The van der Waals surface area contributed by atoms with Gasteiger partial charge in [0.25, 0.3) is 0 Å². The van der Waals surface area contributed by atoms with Crippen molar-refractivity contribution in [1.29, 1.82) is 0 Å². The van der Waals surface area contributed by atoms with Gasteiger partial charge in [0, 0.05) is 5.02 Å². The Bertz CT molecular complexity index is 1180. The van der Waals surface area contributed by atoms with Crippen molar-refractivity contribution in [3.8, 4) is 0 Å². The van der Waals surface area contributed by atoms with E-state index in [0.717, 1.165) is 22.3 Å². The summed E-state index contributed by atoms with van der Waals surface area (Å²) in [7, 11) is 0. The van der Waals surface area contributed by atoms with E-state index in [1.54, 1.807) is 6.92 Å². The molecule has 0 heterocycles. The molecule has 0 fully saturated rings. The highest BCUT2D eigenvalue weighted by Gasteiger charge is 2.40. The van der Waals surface area contributed by atoms with E-state index in [9.17, 15) is 9.90 Å². The minimum Gasteiger partial charge on any atom is -0.466 e. The number of benzene rings is 4. The average Bonchev–Trinajstić information content (AvgIpc) is 2.96. The molecule has 4 aromatic rings. The second kappa shape index (κ2) is 13.4. The van der Waals surface area contributed by atoms with Gasteiger partial charge in [-0.15, -0.1) is 0 Å². The molecule has 4 rings (SSSR count). The SMILES string of the molecule is CCOC(=O)[C@@H](COC(c1ccccc1)(c1ccccc1)c1ccccc1)[C@@H](O)CCc1cccc(Cl)c1. The van der Waals surface area contributed by atoms with Crippen LogP contribution >= 0.6 is 11.6 Å². The number of carbonyl (C=O) groups is 1. The lowest BCUT2D eigenvalue weighted by Gasteiger charge is -2.37. The van der Waals surface area contributed by atoms with Crippen molar-refractivity contribution in [3.05, 3.63) is 143 Å². The number of hydrogen-bond donors (Lipinski definition) is 1. The normalized spacial score (nSPS) is 13.0. The van der Waals surface area contributed by atoms with Crippen LogP contribution in [0, 0.1) is 5.92 Å². The monoisotopic (exact) mass is 528 g/mol. The zero-order chi connectivity index (χ0) is 26.8. The number of hydrogen-bond acceptors (Lipinski definition) is 4. The molecule has 0 unspecified atom stereocenters. The summed E-state index contributed by atoms with van der Waals surface area (Å²) in [5.41, 5.74) is 2.77. The van der Waals surface area contributed by atoms with Crippen molar-refractivity contribution < 1.29 is 19.4 Å². The van der Waals surface area contributed by atoms with E-state index < -0.39 is 23.6 Å². The van der Waals surface area contributed by atoms with Crippen molar-refractivity contribution in [2.24, 2.45) is 5.92 Å². The van der Waals surface area contributed by atoms with Crippen LogP contribution in [0.2, 0.25) is 5.02 Å². The molecule has 4 nitrogen and oxygen atoms in total. The van der Waals surface area contributed by atoms with Gasteiger partial charge in [0.1, 0.15) is 11.5 Å². The molecular weight excluding hydrogens is 496 g/mol. The largest absolute Gasteiger partial charge is 0.466 e. The third-order valence-corrected chi connectivity index (χ3v) is 6.93. The van der Waals surface area contributed by atoms with Crippen LogP contribution in [-0.2, 0) is 26.3 Å². The molecular formula is C33H33ClO4. The standard InChI is InChI=1S/C33H33ClO4/c1-2-37-32(36)30(31(35)22-21-25-13-12-20-29(34)23-25)24-38-33(26-14-6-3-7-15-26,27-16-8-4-9-17-27)28-18-10-5-11-19-28/h3-20,23,30-31,35H,2,21-22,24H2,1H3/t30-,31-/m0/s1. The molecule has 0 saturated carbocycles. The molecule has 4 aromatic carbocycles. The van der Waals surface area contributed by atoms with Crippen LogP contribution in [0.4, 0.5) is 0 Å². The first kappa shape index (κ1) is 27.6. The molecule has 0 aliphatic carbocycles. The van der Waals surface area contributed by atoms with E-state index in [2.05, 4.69) is 0 Å². The molecule has 38 heavy (non-hydrogen) atoms. The van der Waals surface area contributed by atoms with Gasteiger partial charge in [-0.2, -0.15) is 0 Å². The minimum absolute atomic E-state index is 0.0335. The highest BCUT2D eigenvalue weighted by Crippen LogP contribution is 2.41. The topological polar surface area (TPSA) is 55.8 Å². The van der Waals surface area contributed by atoms with Crippen molar-refractivity contribution >= 4 is 17.6 Å². The first-order chi connectivity index (χ1) is 18.5. The number of esters is 1. The van der Waals surface area contributed by atoms with Gasteiger partial charge in [0.15, 0.2) is 0 Å². The number of carbonyl (C=O) groups excluding carboxylic acids is 1. The highest BCUT2D eigenvalue weighted by molar-refractivity contribution is 6.30. The minimum atomic E-state index is -0.999. The van der Waals surface area contributed by atoms with Crippen molar-refractivity contribution in [2.75, 3.05) is 13.2 Å². The van der Waals surface area contributed by atoms with Crippen LogP contribution in [0.1, 0.15) is 35.6 Å². The summed E-state index contributed by atoms with van der Waals surface area (Å²) in [4.78, 5) is 13.1. The second-order valence-electron chi connectivity index (χ2n) is 9.18. The summed E-state index contributed by atoms with van der Waals surface area (Å²) in [6, 6.07) is 37.4. The van der Waals surface area contributed by atoms with E-state index in [-0.39, 0.29) is 13.2 Å². The summed E-state index contributed by atoms with van der Waals surface area (Å²) in [6.07, 6.45) is -0.0332. The first-order valence-corrected chi connectivity index (χ1v) is 13.3. The molecule has 0 aliphatic rings. The van der Waals surface area contributed by atoms with Gasteiger partial charge in [-0.25, -0.2) is 0 Å². The lowest BCUT2D eigenvalue weighted by atomic mass is 9.80. The Morgan fingerprint density at radius 3 is 1.82 bits per heavy atom. The second-order valence-corrected chi connectivity index (χ2v) is 9.62. The fourth-order valence-electron chi connectivity index (χ4n) is 4.78. The molecule has 0 aliphatic heterocycles. The van der Waals surface area contributed by atoms with Gasteiger partial charge in [-0.1, -0.05) is 115 Å². The lowest BCUT2D eigenvalue weighted by Crippen LogP contribution is -2.40. The summed E-state index contributed by atoms with van der Waals surface area (Å²) in [6.45, 7) is 1.95. The zero-order valence-electron chi connectivity index (χ0n) is 21.5. The summed E-state index contributed by atoms with van der Waals surface area (Å²) in [5.74, 6) is -1.35. The number of halogens is 1. The molecule has 0 spiro atoms. The Labute approximate surface area is 229 Å². The van der Waals surface area contributed by atoms with Gasteiger partial charge in [0.2, 0.25) is 0 Å². The van der Waals surface area contributed by atoms with Crippen LogP contribution in [0.3, 0.4) is 0 Å². The molecule has 0 saturated heterocycles. The van der Waals surface area contributed by atoms with Gasteiger partial charge in [-0.05, 0) is 54.2 Å². The highest BCUT2D eigenvalue weighted by atomic mass is 35.5. The number of aliphatic hydroxyl groups excluding tert-OH is 1. The van der Waals surface area contributed by atoms with Gasteiger partial charge in [0.05, 0.1) is 19.3 Å². The van der Waals surface area contributed by atoms with Crippen LogP contribution in [0.25, 0.3) is 0 Å². The van der Waals surface area contributed by atoms with E-state index in [4.69, 9.17) is 21.1 Å². The molecule has 0 aromatic heterocycles. The van der Waals surface area contributed by atoms with Gasteiger partial charge >= 0.3 is 5.97 Å².